The molecule has 0 atom stereocenters. The van der Waals surface area contributed by atoms with Crippen LogP contribution in [-0.2, 0) is 6.42 Å². The second-order valence-corrected chi connectivity index (χ2v) is 6.74. The molecule has 106 valence electrons. The molecule has 0 saturated heterocycles. The number of fused-ring (bicyclic) bond motifs is 1. The number of aromatic nitrogens is 3. The van der Waals surface area contributed by atoms with Gasteiger partial charge in [0.05, 0.1) is 14.8 Å². The first kappa shape index (κ1) is 15.1. The van der Waals surface area contributed by atoms with Gasteiger partial charge in [-0.25, -0.2) is 9.97 Å². The third kappa shape index (κ3) is 2.78. The molecular formula is C15H10BrClIN3. The number of halogens is 3. The molecule has 0 amide bonds. The van der Waals surface area contributed by atoms with E-state index in [0.29, 0.717) is 11.0 Å². The summed E-state index contributed by atoms with van der Waals surface area (Å²) in [5.74, 6) is 0.619. The third-order valence-corrected chi connectivity index (χ3v) is 5.59. The Morgan fingerprint density at radius 3 is 2.81 bits per heavy atom. The van der Waals surface area contributed by atoms with Crippen molar-refractivity contribution in [2.24, 2.45) is 0 Å². The fraction of sp³-hybridized carbons (Fsp3) is 0.133. The van der Waals surface area contributed by atoms with Crippen LogP contribution in [0.5, 0.6) is 0 Å². The first-order chi connectivity index (χ1) is 10.1. The van der Waals surface area contributed by atoms with Gasteiger partial charge < -0.3 is 0 Å². The molecule has 0 aliphatic carbocycles. The summed E-state index contributed by atoms with van der Waals surface area (Å²) in [6, 6.07) is 7.89. The predicted octanol–water partition coefficient (Wildman–Crippen LogP) is 5.27. The zero-order chi connectivity index (χ0) is 15.0. The highest BCUT2D eigenvalue weighted by Gasteiger charge is 2.14. The number of hydrogen-bond acceptors (Lipinski definition) is 3. The molecular weight excluding hydrogens is 464 g/mol. The van der Waals surface area contributed by atoms with E-state index in [1.165, 1.54) is 0 Å². The minimum atomic E-state index is 0.490. The lowest BCUT2D eigenvalue weighted by Crippen LogP contribution is -2.00. The van der Waals surface area contributed by atoms with Crippen LogP contribution in [-0.4, -0.2) is 15.0 Å². The normalized spacial score (nSPS) is 11.0. The quantitative estimate of drug-likeness (QED) is 0.375. The molecule has 2 aromatic heterocycles. The van der Waals surface area contributed by atoms with Gasteiger partial charge in [0.25, 0.3) is 0 Å². The lowest BCUT2D eigenvalue weighted by Gasteiger charge is -2.09. The molecule has 3 rings (SSSR count). The molecule has 3 aromatic rings. The van der Waals surface area contributed by atoms with E-state index in [0.717, 1.165) is 36.6 Å². The van der Waals surface area contributed by atoms with Crippen molar-refractivity contribution in [2.75, 3.05) is 0 Å². The number of aryl methyl sites for hydroxylation is 1. The first-order valence-corrected chi connectivity index (χ1v) is 8.62. The summed E-state index contributed by atoms with van der Waals surface area (Å²) in [6.07, 6.45) is 2.59. The summed E-state index contributed by atoms with van der Waals surface area (Å²) in [4.78, 5) is 13.5. The fourth-order valence-corrected chi connectivity index (χ4v) is 3.40. The van der Waals surface area contributed by atoms with Crippen molar-refractivity contribution in [1.29, 1.82) is 0 Å². The van der Waals surface area contributed by atoms with Crippen LogP contribution in [0.15, 0.2) is 34.9 Å². The number of rotatable bonds is 2. The van der Waals surface area contributed by atoms with E-state index < -0.39 is 0 Å². The van der Waals surface area contributed by atoms with Gasteiger partial charge in [0, 0.05) is 21.6 Å². The molecule has 0 aliphatic rings. The van der Waals surface area contributed by atoms with Gasteiger partial charge >= 0.3 is 0 Å². The van der Waals surface area contributed by atoms with Crippen molar-refractivity contribution >= 4 is 61.0 Å². The van der Waals surface area contributed by atoms with Crippen LogP contribution in [0.3, 0.4) is 0 Å². The zero-order valence-corrected chi connectivity index (χ0v) is 15.6. The highest BCUT2D eigenvalue weighted by atomic mass is 127. The number of pyridine rings is 1. The first-order valence-electron chi connectivity index (χ1n) is 6.37. The van der Waals surface area contributed by atoms with Gasteiger partial charge in [0.2, 0.25) is 0 Å². The average Bonchev–Trinajstić information content (AvgIpc) is 2.51. The van der Waals surface area contributed by atoms with Crippen LogP contribution >= 0.6 is 50.1 Å². The van der Waals surface area contributed by atoms with E-state index in [1.54, 1.807) is 6.20 Å². The summed E-state index contributed by atoms with van der Waals surface area (Å²) in [5.41, 5.74) is 2.71. The minimum absolute atomic E-state index is 0.490. The molecule has 1 aromatic carbocycles. The van der Waals surface area contributed by atoms with Crippen LogP contribution in [0, 0.1) is 3.57 Å². The molecule has 0 N–H and O–H groups in total. The molecule has 0 fully saturated rings. The minimum Gasteiger partial charge on any atom is -0.255 e. The second-order valence-electron chi connectivity index (χ2n) is 4.45. The van der Waals surface area contributed by atoms with Gasteiger partial charge in [-0.2, -0.15) is 0 Å². The standard InChI is InChI=1S/C15H10BrClIN3/c1-2-11-12(18)14(17)21-15(20-11)9-5-6-10(16)8-4-3-7-19-13(8)9/h3-7H,2H2,1H3. The van der Waals surface area contributed by atoms with Crippen LogP contribution in [0.2, 0.25) is 5.15 Å². The summed E-state index contributed by atoms with van der Waals surface area (Å²) in [6.45, 7) is 2.06. The fourth-order valence-electron chi connectivity index (χ4n) is 2.14. The Balaban J connectivity index is 2.31. The molecule has 0 spiro atoms. The van der Waals surface area contributed by atoms with Crippen LogP contribution in [0.1, 0.15) is 12.6 Å². The zero-order valence-electron chi connectivity index (χ0n) is 11.1. The maximum absolute atomic E-state index is 6.24. The molecule has 0 saturated carbocycles. The van der Waals surface area contributed by atoms with E-state index in [-0.39, 0.29) is 0 Å². The highest BCUT2D eigenvalue weighted by molar-refractivity contribution is 14.1. The maximum Gasteiger partial charge on any atom is 0.163 e. The molecule has 0 bridgehead atoms. The smallest absolute Gasteiger partial charge is 0.163 e. The average molecular weight is 475 g/mol. The lowest BCUT2D eigenvalue weighted by atomic mass is 10.1. The van der Waals surface area contributed by atoms with E-state index in [9.17, 15) is 0 Å². The Labute approximate surface area is 149 Å². The van der Waals surface area contributed by atoms with E-state index in [4.69, 9.17) is 11.6 Å². The van der Waals surface area contributed by atoms with Crippen molar-refractivity contribution in [3.05, 3.63) is 49.4 Å². The SMILES string of the molecule is CCc1nc(-c2ccc(Br)c3cccnc23)nc(Cl)c1I. The topological polar surface area (TPSA) is 38.7 Å². The number of nitrogens with zero attached hydrogens (tertiary/aromatic N) is 3. The molecule has 0 unspecified atom stereocenters. The Kier molecular flexibility index (Phi) is 4.42. The number of hydrogen-bond donors (Lipinski definition) is 0. The monoisotopic (exact) mass is 473 g/mol. The largest absolute Gasteiger partial charge is 0.255 e. The highest BCUT2D eigenvalue weighted by Crippen LogP contribution is 2.32. The van der Waals surface area contributed by atoms with Crippen LogP contribution < -0.4 is 0 Å². The van der Waals surface area contributed by atoms with Gasteiger partial charge in [-0.15, -0.1) is 0 Å². The molecule has 2 heterocycles. The third-order valence-electron chi connectivity index (χ3n) is 3.17. The molecule has 21 heavy (non-hydrogen) atoms. The van der Waals surface area contributed by atoms with Crippen LogP contribution in [0.4, 0.5) is 0 Å². The predicted molar refractivity (Wildman–Crippen MR) is 97.6 cm³/mol. The molecule has 6 heteroatoms. The van der Waals surface area contributed by atoms with Gasteiger partial charge in [0.1, 0.15) is 5.15 Å². The molecule has 0 radical (unpaired) electrons. The van der Waals surface area contributed by atoms with E-state index in [2.05, 4.69) is 60.4 Å². The van der Waals surface area contributed by atoms with Gasteiger partial charge in [0.15, 0.2) is 5.82 Å². The van der Waals surface area contributed by atoms with Gasteiger partial charge in [-0.1, -0.05) is 40.5 Å². The number of benzene rings is 1. The Bertz CT molecular complexity index is 839. The van der Waals surface area contributed by atoms with Crippen molar-refractivity contribution in [2.45, 2.75) is 13.3 Å². The van der Waals surface area contributed by atoms with Crippen LogP contribution in [0.25, 0.3) is 22.3 Å². The van der Waals surface area contributed by atoms with Crippen molar-refractivity contribution in [3.8, 4) is 11.4 Å². The van der Waals surface area contributed by atoms with Crippen molar-refractivity contribution < 1.29 is 0 Å². The summed E-state index contributed by atoms with van der Waals surface area (Å²) in [7, 11) is 0. The Hall–Kier alpha value is -0.790. The maximum atomic E-state index is 6.24. The van der Waals surface area contributed by atoms with Crippen molar-refractivity contribution in [1.82, 2.24) is 15.0 Å². The Morgan fingerprint density at radius 1 is 1.24 bits per heavy atom. The van der Waals surface area contributed by atoms with Gasteiger partial charge in [-0.05, 0) is 47.2 Å². The molecule has 3 nitrogen and oxygen atoms in total. The summed E-state index contributed by atoms with van der Waals surface area (Å²) >= 11 is 12.0. The summed E-state index contributed by atoms with van der Waals surface area (Å²) in [5, 5.41) is 1.52. The molecule has 0 aliphatic heterocycles. The Morgan fingerprint density at radius 2 is 2.05 bits per heavy atom. The lowest BCUT2D eigenvalue weighted by molar-refractivity contribution is 0.990. The van der Waals surface area contributed by atoms with E-state index in [1.807, 2.05) is 24.3 Å². The van der Waals surface area contributed by atoms with Gasteiger partial charge in [-0.3, -0.25) is 4.98 Å². The van der Waals surface area contributed by atoms with E-state index >= 15 is 0 Å². The summed E-state index contributed by atoms with van der Waals surface area (Å²) < 4.78 is 1.91. The van der Waals surface area contributed by atoms with Crippen molar-refractivity contribution in [3.63, 3.8) is 0 Å². The second kappa shape index (κ2) is 6.14.